The zero-order chi connectivity index (χ0) is 27.0. The zero-order valence-corrected chi connectivity index (χ0v) is 21.7. The predicted molar refractivity (Wildman–Crippen MR) is 142 cm³/mol. The Kier molecular flexibility index (Phi) is 6.64. The highest BCUT2D eigenvalue weighted by Crippen LogP contribution is 2.29. The largest absolute Gasteiger partial charge is 0.336 e. The molecule has 0 atom stereocenters. The van der Waals surface area contributed by atoms with Crippen molar-refractivity contribution in [3.63, 3.8) is 0 Å². The van der Waals surface area contributed by atoms with Gasteiger partial charge in [0.05, 0.1) is 26.6 Å². The maximum atomic E-state index is 13.8. The molecule has 1 fully saturated rings. The van der Waals surface area contributed by atoms with Crippen LogP contribution in [0.5, 0.6) is 0 Å². The van der Waals surface area contributed by atoms with Crippen molar-refractivity contribution < 1.29 is 18.1 Å². The number of nitro benzene ring substituents is 1. The second kappa shape index (κ2) is 9.92. The molecular formula is C27H25N5O5S. The van der Waals surface area contributed by atoms with Crippen LogP contribution in [0.2, 0.25) is 0 Å². The topological polar surface area (TPSA) is 127 Å². The average molecular weight is 532 g/mol. The summed E-state index contributed by atoms with van der Waals surface area (Å²) in [6.07, 6.45) is 3.38. The van der Waals surface area contributed by atoms with E-state index < -0.39 is 14.9 Å². The summed E-state index contributed by atoms with van der Waals surface area (Å²) in [5.74, 6) is -0.195. The Hall–Kier alpha value is -4.22. The molecule has 1 amide bonds. The molecule has 2 aromatic heterocycles. The van der Waals surface area contributed by atoms with Crippen LogP contribution in [-0.2, 0) is 10.0 Å². The number of sulfonamides is 1. The lowest BCUT2D eigenvalue weighted by Gasteiger charge is -2.34. The number of nitrogens with zero attached hydrogens (tertiary/aromatic N) is 5. The maximum absolute atomic E-state index is 13.8. The standard InChI is InChI=1S/C27H25N5O5S/c1-18-14-19(2)26-23(15-18)24(16-25(29-26)20-4-3-9-28-17-20)27(33)30-10-12-31(13-11-30)38(36,37)22-7-5-21(6-8-22)32(34)35/h3-9,14-17H,10-13H2,1-2H3. The van der Waals surface area contributed by atoms with E-state index in [0.29, 0.717) is 11.3 Å². The van der Waals surface area contributed by atoms with Gasteiger partial charge in [-0.15, -0.1) is 0 Å². The van der Waals surface area contributed by atoms with Crippen molar-refractivity contribution >= 4 is 32.5 Å². The highest BCUT2D eigenvalue weighted by Gasteiger charge is 2.31. The molecule has 1 aliphatic heterocycles. The Morgan fingerprint density at radius 1 is 1.00 bits per heavy atom. The maximum Gasteiger partial charge on any atom is 0.269 e. The normalized spacial score (nSPS) is 14.5. The number of benzene rings is 2. The van der Waals surface area contributed by atoms with Crippen molar-refractivity contribution in [2.24, 2.45) is 0 Å². The van der Waals surface area contributed by atoms with Gasteiger partial charge < -0.3 is 4.90 Å². The Morgan fingerprint density at radius 2 is 1.71 bits per heavy atom. The van der Waals surface area contributed by atoms with Crippen LogP contribution in [0.15, 0.2) is 71.9 Å². The van der Waals surface area contributed by atoms with E-state index in [0.717, 1.165) is 27.6 Å². The van der Waals surface area contributed by atoms with E-state index in [4.69, 9.17) is 4.98 Å². The number of fused-ring (bicyclic) bond motifs is 1. The van der Waals surface area contributed by atoms with Gasteiger partial charge in [0.2, 0.25) is 10.0 Å². The molecule has 4 aromatic rings. The number of hydrogen-bond acceptors (Lipinski definition) is 7. The fraction of sp³-hybridized carbons (Fsp3) is 0.222. The quantitative estimate of drug-likeness (QED) is 0.282. The molecule has 1 saturated heterocycles. The number of nitro groups is 1. The van der Waals surface area contributed by atoms with E-state index >= 15 is 0 Å². The Bertz CT molecular complexity index is 1650. The van der Waals surface area contributed by atoms with Gasteiger partial charge in [-0.3, -0.25) is 19.9 Å². The van der Waals surface area contributed by atoms with Crippen LogP contribution in [0, 0.1) is 24.0 Å². The molecule has 0 saturated carbocycles. The number of amides is 1. The van der Waals surface area contributed by atoms with E-state index in [1.807, 2.05) is 38.1 Å². The van der Waals surface area contributed by atoms with Gasteiger partial charge in [-0.05, 0) is 55.8 Å². The van der Waals surface area contributed by atoms with E-state index in [-0.39, 0.29) is 42.7 Å². The van der Waals surface area contributed by atoms with Crippen LogP contribution < -0.4 is 0 Å². The summed E-state index contributed by atoms with van der Waals surface area (Å²) in [5, 5.41) is 11.7. The first kappa shape index (κ1) is 25.4. The lowest BCUT2D eigenvalue weighted by molar-refractivity contribution is -0.384. The van der Waals surface area contributed by atoms with Crippen LogP contribution in [-0.4, -0.2) is 64.6 Å². The van der Waals surface area contributed by atoms with Gasteiger partial charge in [-0.2, -0.15) is 4.31 Å². The number of carbonyl (C=O) groups is 1. The Morgan fingerprint density at radius 3 is 2.34 bits per heavy atom. The van der Waals surface area contributed by atoms with Crippen LogP contribution in [0.25, 0.3) is 22.2 Å². The van der Waals surface area contributed by atoms with Gasteiger partial charge >= 0.3 is 0 Å². The molecule has 38 heavy (non-hydrogen) atoms. The van der Waals surface area contributed by atoms with Gasteiger partial charge in [0.1, 0.15) is 0 Å². The molecule has 2 aromatic carbocycles. The molecule has 0 aliphatic carbocycles. The molecule has 194 valence electrons. The minimum absolute atomic E-state index is 0.0185. The number of pyridine rings is 2. The number of rotatable bonds is 5. The molecule has 5 rings (SSSR count). The minimum atomic E-state index is -3.85. The van der Waals surface area contributed by atoms with Gasteiger partial charge in [0.15, 0.2) is 0 Å². The van der Waals surface area contributed by atoms with E-state index in [2.05, 4.69) is 4.98 Å². The fourth-order valence-electron chi connectivity index (χ4n) is 4.71. The number of carbonyl (C=O) groups excluding carboxylic acids is 1. The van der Waals surface area contributed by atoms with Crippen molar-refractivity contribution in [1.29, 1.82) is 0 Å². The van der Waals surface area contributed by atoms with Crippen molar-refractivity contribution in [3.8, 4) is 11.3 Å². The van der Waals surface area contributed by atoms with E-state index in [9.17, 15) is 23.3 Å². The Balaban J connectivity index is 1.43. The summed E-state index contributed by atoms with van der Waals surface area (Å²) in [5.41, 5.74) is 4.47. The SMILES string of the molecule is Cc1cc(C)c2nc(-c3cccnc3)cc(C(=O)N3CCN(S(=O)(=O)c4ccc([N+](=O)[O-])cc4)CC3)c2c1. The average Bonchev–Trinajstić information content (AvgIpc) is 2.93. The summed E-state index contributed by atoms with van der Waals surface area (Å²) in [4.78, 5) is 34.8. The second-order valence-electron chi connectivity index (χ2n) is 9.22. The zero-order valence-electron chi connectivity index (χ0n) is 20.9. The highest BCUT2D eigenvalue weighted by atomic mass is 32.2. The molecule has 0 unspecified atom stereocenters. The first-order chi connectivity index (χ1) is 18.1. The smallest absolute Gasteiger partial charge is 0.269 e. The lowest BCUT2D eigenvalue weighted by atomic mass is 9.99. The van der Waals surface area contributed by atoms with Crippen LogP contribution >= 0.6 is 0 Å². The Labute approximate surface area is 219 Å². The second-order valence-corrected chi connectivity index (χ2v) is 11.2. The first-order valence-corrected chi connectivity index (χ1v) is 13.5. The molecule has 10 nitrogen and oxygen atoms in total. The predicted octanol–water partition coefficient (Wildman–Crippen LogP) is 3.97. The molecule has 11 heteroatoms. The van der Waals surface area contributed by atoms with Crippen LogP contribution in [0.3, 0.4) is 0 Å². The van der Waals surface area contributed by atoms with Gasteiger partial charge in [-0.1, -0.05) is 11.6 Å². The summed E-state index contributed by atoms with van der Waals surface area (Å²) in [6, 6.07) is 14.3. The highest BCUT2D eigenvalue weighted by molar-refractivity contribution is 7.89. The van der Waals surface area contributed by atoms with Crippen molar-refractivity contribution in [2.45, 2.75) is 18.7 Å². The van der Waals surface area contributed by atoms with Crippen molar-refractivity contribution in [1.82, 2.24) is 19.2 Å². The summed E-state index contributed by atoms with van der Waals surface area (Å²) in [6.45, 7) is 4.58. The molecule has 0 bridgehead atoms. The molecule has 0 N–H and O–H groups in total. The molecule has 3 heterocycles. The van der Waals surface area contributed by atoms with Gasteiger partial charge in [0.25, 0.3) is 11.6 Å². The van der Waals surface area contributed by atoms with Crippen molar-refractivity contribution in [3.05, 3.63) is 93.8 Å². The van der Waals surface area contributed by atoms with Crippen LogP contribution in [0.4, 0.5) is 5.69 Å². The molecular weight excluding hydrogens is 506 g/mol. The number of aromatic nitrogens is 2. The number of hydrogen-bond donors (Lipinski definition) is 0. The number of non-ortho nitro benzene ring substituents is 1. The molecule has 0 radical (unpaired) electrons. The summed E-state index contributed by atoms with van der Waals surface area (Å²) < 4.78 is 27.5. The first-order valence-electron chi connectivity index (χ1n) is 12.0. The van der Waals surface area contributed by atoms with E-state index in [1.54, 1.807) is 23.4 Å². The fourth-order valence-corrected chi connectivity index (χ4v) is 6.13. The third kappa shape index (κ3) is 4.73. The van der Waals surface area contributed by atoms with Crippen LogP contribution in [0.1, 0.15) is 21.5 Å². The third-order valence-electron chi connectivity index (χ3n) is 6.65. The summed E-state index contributed by atoms with van der Waals surface area (Å²) in [7, 11) is -3.85. The number of aryl methyl sites for hydroxylation is 2. The molecule has 0 spiro atoms. The number of piperazine rings is 1. The van der Waals surface area contributed by atoms with Gasteiger partial charge in [0, 0.05) is 61.7 Å². The lowest BCUT2D eigenvalue weighted by Crippen LogP contribution is -2.50. The molecule has 1 aliphatic rings. The van der Waals surface area contributed by atoms with E-state index in [1.165, 1.54) is 28.6 Å². The van der Waals surface area contributed by atoms with Gasteiger partial charge in [-0.25, -0.2) is 13.4 Å². The van der Waals surface area contributed by atoms with Crippen molar-refractivity contribution in [2.75, 3.05) is 26.2 Å². The summed E-state index contributed by atoms with van der Waals surface area (Å²) >= 11 is 0. The monoisotopic (exact) mass is 531 g/mol. The third-order valence-corrected chi connectivity index (χ3v) is 8.56. The minimum Gasteiger partial charge on any atom is -0.336 e.